The summed E-state index contributed by atoms with van der Waals surface area (Å²) in [5, 5.41) is 30.6. The molecule has 21 heavy (non-hydrogen) atoms. The summed E-state index contributed by atoms with van der Waals surface area (Å²) in [5.74, 6) is -0.288. The van der Waals surface area contributed by atoms with E-state index in [1.807, 2.05) is 0 Å². The van der Waals surface area contributed by atoms with E-state index in [4.69, 9.17) is 10.00 Å². The lowest BCUT2D eigenvalue weighted by Crippen LogP contribution is -1.97. The minimum atomic E-state index is -0.717. The molecule has 2 rings (SSSR count). The summed E-state index contributed by atoms with van der Waals surface area (Å²) < 4.78 is 5.27. The van der Waals surface area contributed by atoms with Crippen LogP contribution in [0.4, 0.5) is 11.4 Å². The molecule has 0 N–H and O–H groups in total. The van der Waals surface area contributed by atoms with Crippen molar-refractivity contribution in [2.24, 2.45) is 0 Å². The molecule has 8 nitrogen and oxygen atoms in total. The Hall–Kier alpha value is -3.47. The molecule has 0 bridgehead atoms. The Morgan fingerprint density at radius 1 is 0.952 bits per heavy atom. The maximum atomic E-state index is 11.0. The summed E-state index contributed by atoms with van der Waals surface area (Å²) in [6.45, 7) is 0. The number of hydrogen-bond acceptors (Lipinski definition) is 6. The highest BCUT2D eigenvalue weighted by Crippen LogP contribution is 2.36. The molecule has 0 spiro atoms. The molecule has 0 aliphatic carbocycles. The third-order valence-corrected chi connectivity index (χ3v) is 2.57. The van der Waals surface area contributed by atoms with E-state index in [0.29, 0.717) is 0 Å². The number of nitro groups is 2. The molecule has 0 heterocycles. The number of ether oxygens (including phenoxy) is 1. The summed E-state index contributed by atoms with van der Waals surface area (Å²) in [6.07, 6.45) is 0. The van der Waals surface area contributed by atoms with Gasteiger partial charge >= 0.3 is 11.4 Å². The van der Waals surface area contributed by atoms with Gasteiger partial charge < -0.3 is 4.74 Å². The Bertz CT molecular complexity index is 767. The second-order valence-corrected chi connectivity index (χ2v) is 3.88. The van der Waals surface area contributed by atoms with E-state index in [2.05, 4.69) is 0 Å². The van der Waals surface area contributed by atoms with Gasteiger partial charge in [0.1, 0.15) is 0 Å². The van der Waals surface area contributed by atoms with Crippen molar-refractivity contribution >= 4 is 11.4 Å². The van der Waals surface area contributed by atoms with E-state index in [1.54, 1.807) is 6.07 Å². The Balaban J connectivity index is 2.48. The van der Waals surface area contributed by atoms with E-state index in [1.165, 1.54) is 36.4 Å². The summed E-state index contributed by atoms with van der Waals surface area (Å²) in [6, 6.07) is 10.9. The van der Waals surface area contributed by atoms with Gasteiger partial charge in [-0.3, -0.25) is 20.2 Å². The Morgan fingerprint density at radius 3 is 2.19 bits per heavy atom. The standard InChI is InChI=1S/C13H7N3O5/c14-8-9-5-6-13(11(7-9)16(19)20)21-12-4-2-1-3-10(12)15(17)18/h1-7H. The summed E-state index contributed by atoms with van der Waals surface area (Å²) in [5.41, 5.74) is -0.653. The van der Waals surface area contributed by atoms with E-state index in [9.17, 15) is 20.2 Å². The second-order valence-electron chi connectivity index (χ2n) is 3.88. The fraction of sp³-hybridized carbons (Fsp3) is 0. The predicted molar refractivity (Wildman–Crippen MR) is 71.0 cm³/mol. The largest absolute Gasteiger partial charge is 0.443 e. The van der Waals surface area contributed by atoms with Crippen LogP contribution in [0.2, 0.25) is 0 Å². The average molecular weight is 285 g/mol. The first-order chi connectivity index (χ1) is 10.0. The van der Waals surface area contributed by atoms with Crippen LogP contribution in [0.3, 0.4) is 0 Å². The van der Waals surface area contributed by atoms with Gasteiger partial charge in [0, 0.05) is 12.1 Å². The first-order valence-corrected chi connectivity index (χ1v) is 5.62. The van der Waals surface area contributed by atoms with Crippen molar-refractivity contribution in [3.05, 3.63) is 68.3 Å². The summed E-state index contributed by atoms with van der Waals surface area (Å²) in [7, 11) is 0. The van der Waals surface area contributed by atoms with Crippen LogP contribution in [0, 0.1) is 31.6 Å². The molecule has 104 valence electrons. The van der Waals surface area contributed by atoms with Gasteiger partial charge in [-0.05, 0) is 18.2 Å². The first-order valence-electron chi connectivity index (χ1n) is 5.62. The molecular weight excluding hydrogens is 278 g/mol. The van der Waals surface area contributed by atoms with Crippen molar-refractivity contribution in [1.29, 1.82) is 5.26 Å². The lowest BCUT2D eigenvalue weighted by Gasteiger charge is -2.06. The molecule has 2 aromatic rings. The van der Waals surface area contributed by atoms with Crippen molar-refractivity contribution in [3.63, 3.8) is 0 Å². The van der Waals surface area contributed by atoms with Gasteiger partial charge in [-0.15, -0.1) is 0 Å². The number of nitro benzene ring substituents is 2. The van der Waals surface area contributed by atoms with Crippen LogP contribution in [-0.2, 0) is 0 Å². The van der Waals surface area contributed by atoms with Crippen molar-refractivity contribution in [2.75, 3.05) is 0 Å². The molecule has 0 aromatic heterocycles. The van der Waals surface area contributed by atoms with Crippen LogP contribution in [0.15, 0.2) is 42.5 Å². The van der Waals surface area contributed by atoms with Crippen molar-refractivity contribution < 1.29 is 14.6 Å². The number of hydrogen-bond donors (Lipinski definition) is 0. The lowest BCUT2D eigenvalue weighted by molar-refractivity contribution is -0.387. The highest BCUT2D eigenvalue weighted by molar-refractivity contribution is 5.55. The number of nitrogens with zero attached hydrogens (tertiary/aromatic N) is 3. The first kappa shape index (κ1) is 14.0. The topological polar surface area (TPSA) is 119 Å². The van der Waals surface area contributed by atoms with Crippen molar-refractivity contribution in [2.45, 2.75) is 0 Å². The van der Waals surface area contributed by atoms with Crippen LogP contribution in [0.5, 0.6) is 11.5 Å². The third-order valence-electron chi connectivity index (χ3n) is 2.57. The molecule has 0 radical (unpaired) electrons. The van der Waals surface area contributed by atoms with Crippen molar-refractivity contribution in [3.8, 4) is 17.6 Å². The molecule has 0 amide bonds. The Morgan fingerprint density at radius 2 is 1.57 bits per heavy atom. The normalized spacial score (nSPS) is 9.67. The van der Waals surface area contributed by atoms with E-state index >= 15 is 0 Å². The zero-order valence-corrected chi connectivity index (χ0v) is 10.4. The van der Waals surface area contributed by atoms with E-state index in [-0.39, 0.29) is 22.7 Å². The maximum absolute atomic E-state index is 11.0. The SMILES string of the molecule is N#Cc1ccc(Oc2ccccc2[N+](=O)[O-])c([N+](=O)[O-])c1. The predicted octanol–water partition coefficient (Wildman–Crippen LogP) is 3.17. The zero-order valence-electron chi connectivity index (χ0n) is 10.4. The fourth-order valence-corrected chi connectivity index (χ4v) is 1.63. The van der Waals surface area contributed by atoms with Crippen LogP contribution >= 0.6 is 0 Å². The number of para-hydroxylation sites is 2. The van der Waals surface area contributed by atoms with Gasteiger partial charge in [0.25, 0.3) is 0 Å². The summed E-state index contributed by atoms with van der Waals surface area (Å²) in [4.78, 5) is 20.5. The smallest absolute Gasteiger partial charge is 0.312 e. The molecule has 0 unspecified atom stereocenters. The summed E-state index contributed by atoms with van der Waals surface area (Å²) >= 11 is 0. The van der Waals surface area contributed by atoms with Crippen LogP contribution in [0.1, 0.15) is 5.56 Å². The molecule has 0 saturated heterocycles. The maximum Gasteiger partial charge on any atom is 0.312 e. The lowest BCUT2D eigenvalue weighted by atomic mass is 10.2. The zero-order chi connectivity index (χ0) is 15.4. The molecule has 8 heteroatoms. The second kappa shape index (κ2) is 5.66. The fourth-order valence-electron chi connectivity index (χ4n) is 1.63. The highest BCUT2D eigenvalue weighted by atomic mass is 16.6. The third kappa shape index (κ3) is 2.93. The minimum Gasteiger partial charge on any atom is -0.443 e. The highest BCUT2D eigenvalue weighted by Gasteiger charge is 2.21. The molecule has 0 saturated carbocycles. The van der Waals surface area contributed by atoms with Gasteiger partial charge in [-0.2, -0.15) is 5.26 Å². The van der Waals surface area contributed by atoms with Crippen LogP contribution in [0.25, 0.3) is 0 Å². The Labute approximate surface area is 118 Å². The Kier molecular flexibility index (Phi) is 3.76. The molecule has 0 aliphatic heterocycles. The van der Waals surface area contributed by atoms with Gasteiger partial charge in [-0.25, -0.2) is 0 Å². The molecule has 2 aromatic carbocycles. The molecular formula is C13H7N3O5. The van der Waals surface area contributed by atoms with Gasteiger partial charge in [0.15, 0.2) is 0 Å². The molecule has 0 aliphatic rings. The minimum absolute atomic E-state index is 0.0941. The van der Waals surface area contributed by atoms with Crippen molar-refractivity contribution in [1.82, 2.24) is 0 Å². The van der Waals surface area contributed by atoms with Gasteiger partial charge in [0.2, 0.25) is 11.5 Å². The quantitative estimate of drug-likeness (QED) is 0.628. The van der Waals surface area contributed by atoms with Gasteiger partial charge in [-0.1, -0.05) is 12.1 Å². The number of nitriles is 1. The average Bonchev–Trinajstić information content (AvgIpc) is 2.47. The monoisotopic (exact) mass is 285 g/mol. The van der Waals surface area contributed by atoms with Gasteiger partial charge in [0.05, 0.1) is 21.5 Å². The molecule has 0 fully saturated rings. The number of rotatable bonds is 4. The van der Waals surface area contributed by atoms with Crippen LogP contribution < -0.4 is 4.74 Å². The molecule has 0 atom stereocenters. The van der Waals surface area contributed by atoms with Crippen LogP contribution in [-0.4, -0.2) is 9.85 Å². The van der Waals surface area contributed by atoms with E-state index < -0.39 is 15.5 Å². The van der Waals surface area contributed by atoms with E-state index in [0.717, 1.165) is 6.07 Å². The number of benzene rings is 2.